The van der Waals surface area contributed by atoms with Gasteiger partial charge in [0, 0.05) is 24.9 Å². The maximum absolute atomic E-state index is 11.6. The van der Waals surface area contributed by atoms with Crippen LogP contribution in [0.3, 0.4) is 0 Å². The van der Waals surface area contributed by atoms with E-state index >= 15 is 0 Å². The first-order valence-electron chi connectivity index (χ1n) is 5.86. The van der Waals surface area contributed by atoms with Gasteiger partial charge in [-0.1, -0.05) is 6.08 Å². The summed E-state index contributed by atoms with van der Waals surface area (Å²) in [4.78, 5) is 11.6. The van der Waals surface area contributed by atoms with Crippen molar-refractivity contribution in [2.75, 3.05) is 0 Å². The second-order valence-corrected chi connectivity index (χ2v) is 4.24. The van der Waals surface area contributed by atoms with Crippen molar-refractivity contribution >= 4 is 5.91 Å². The van der Waals surface area contributed by atoms with Crippen LogP contribution in [0.25, 0.3) is 0 Å². The summed E-state index contributed by atoms with van der Waals surface area (Å²) in [6.07, 6.45) is 7.53. The summed E-state index contributed by atoms with van der Waals surface area (Å²) in [7, 11) is 0. The zero-order chi connectivity index (χ0) is 11.4. The maximum Gasteiger partial charge on any atom is 0.224 e. The van der Waals surface area contributed by atoms with Crippen molar-refractivity contribution in [2.45, 2.75) is 38.3 Å². The van der Waals surface area contributed by atoms with Gasteiger partial charge in [0.25, 0.3) is 0 Å². The van der Waals surface area contributed by atoms with Crippen LogP contribution in [0.1, 0.15) is 37.4 Å². The predicted octanol–water partition coefficient (Wildman–Crippen LogP) is 2.41. The molecule has 1 aromatic heterocycles. The van der Waals surface area contributed by atoms with Crippen LogP contribution >= 0.6 is 0 Å². The van der Waals surface area contributed by atoms with Gasteiger partial charge < -0.3 is 9.88 Å². The van der Waals surface area contributed by atoms with E-state index in [9.17, 15) is 4.79 Å². The minimum Gasteiger partial charge on any atom is -0.350 e. The molecule has 1 aromatic rings. The Labute approximate surface area is 96.2 Å². The summed E-state index contributed by atoms with van der Waals surface area (Å²) in [5.41, 5.74) is 1.23. The van der Waals surface area contributed by atoms with Crippen molar-refractivity contribution in [3.63, 3.8) is 0 Å². The van der Waals surface area contributed by atoms with Crippen LogP contribution in [-0.4, -0.2) is 10.5 Å². The lowest BCUT2D eigenvalue weighted by Crippen LogP contribution is -2.28. The Hall–Kier alpha value is -1.51. The summed E-state index contributed by atoms with van der Waals surface area (Å²) >= 11 is 0. The molecule has 0 aliphatic carbocycles. The van der Waals surface area contributed by atoms with E-state index in [2.05, 4.69) is 28.7 Å². The van der Waals surface area contributed by atoms with Gasteiger partial charge in [-0.25, -0.2) is 0 Å². The number of carbonyl (C=O) groups is 1. The van der Waals surface area contributed by atoms with E-state index in [4.69, 9.17) is 0 Å². The summed E-state index contributed by atoms with van der Waals surface area (Å²) in [5.74, 6) is 0.0645. The van der Waals surface area contributed by atoms with Crippen molar-refractivity contribution in [1.82, 2.24) is 9.88 Å². The van der Waals surface area contributed by atoms with Crippen LogP contribution in [0.2, 0.25) is 0 Å². The number of carbonyl (C=O) groups excluding carboxylic acids is 1. The third-order valence-electron chi connectivity index (χ3n) is 3.03. The van der Waals surface area contributed by atoms with Crippen molar-refractivity contribution in [1.29, 1.82) is 0 Å². The highest BCUT2D eigenvalue weighted by atomic mass is 16.1. The molecule has 3 heteroatoms. The molecule has 0 fully saturated rings. The van der Waals surface area contributed by atoms with E-state index in [-0.39, 0.29) is 11.9 Å². The highest BCUT2D eigenvalue weighted by Gasteiger charge is 2.19. The fraction of sp³-hybridized carbons (Fsp3) is 0.462. The number of aromatic nitrogens is 1. The first-order valence-corrected chi connectivity index (χ1v) is 5.86. The van der Waals surface area contributed by atoms with Gasteiger partial charge >= 0.3 is 0 Å². The van der Waals surface area contributed by atoms with E-state index in [0.29, 0.717) is 6.42 Å². The Morgan fingerprint density at radius 1 is 1.62 bits per heavy atom. The Morgan fingerprint density at radius 3 is 3.31 bits per heavy atom. The molecule has 1 aliphatic heterocycles. The van der Waals surface area contributed by atoms with Gasteiger partial charge in [0.15, 0.2) is 0 Å². The summed E-state index contributed by atoms with van der Waals surface area (Å²) < 4.78 is 2.24. The van der Waals surface area contributed by atoms with Gasteiger partial charge in [-0.05, 0) is 31.4 Å². The molecule has 2 heterocycles. The number of aryl methyl sites for hydroxylation is 1. The monoisotopic (exact) mass is 218 g/mol. The second kappa shape index (κ2) is 5.01. The molecule has 1 atom stereocenters. The molecular weight excluding hydrogens is 200 g/mol. The Bertz CT molecular complexity index is 381. The Kier molecular flexibility index (Phi) is 3.44. The number of nitrogens with one attached hydrogen (secondary N) is 1. The van der Waals surface area contributed by atoms with Crippen molar-refractivity contribution < 1.29 is 4.79 Å². The van der Waals surface area contributed by atoms with Crippen LogP contribution in [0.4, 0.5) is 0 Å². The lowest BCUT2D eigenvalue weighted by molar-refractivity contribution is -0.121. The summed E-state index contributed by atoms with van der Waals surface area (Å²) in [6.45, 7) is 4.65. The largest absolute Gasteiger partial charge is 0.350 e. The molecule has 1 unspecified atom stereocenters. The molecule has 3 nitrogen and oxygen atoms in total. The predicted molar refractivity (Wildman–Crippen MR) is 64.0 cm³/mol. The highest BCUT2D eigenvalue weighted by Crippen LogP contribution is 2.24. The van der Waals surface area contributed by atoms with Crippen molar-refractivity contribution in [3.8, 4) is 0 Å². The quantitative estimate of drug-likeness (QED) is 0.777. The first-order chi connectivity index (χ1) is 7.81. The average molecular weight is 218 g/mol. The fourth-order valence-electron chi connectivity index (χ4n) is 2.26. The molecule has 0 spiro atoms. The van der Waals surface area contributed by atoms with Crippen molar-refractivity contribution in [3.05, 3.63) is 36.7 Å². The molecule has 0 saturated heterocycles. The SMILES string of the molecule is C=CCC(=O)NC1CCCCn2cccc21. The third-order valence-corrected chi connectivity index (χ3v) is 3.03. The van der Waals surface area contributed by atoms with Gasteiger partial charge in [0.1, 0.15) is 0 Å². The number of hydrogen-bond acceptors (Lipinski definition) is 1. The first kappa shape index (κ1) is 11.0. The molecule has 0 bridgehead atoms. The standard InChI is InChI=1S/C13H18N2O/c1-2-6-13(16)14-11-7-3-4-9-15-10-5-8-12(11)15/h2,5,8,10-11H,1,3-4,6-7,9H2,(H,14,16). The third kappa shape index (κ3) is 2.35. The average Bonchev–Trinajstić information content (AvgIpc) is 2.64. The lowest BCUT2D eigenvalue weighted by Gasteiger charge is -2.17. The van der Waals surface area contributed by atoms with E-state index in [1.807, 2.05) is 6.07 Å². The Balaban J connectivity index is 2.10. The molecular formula is C13H18N2O. The highest BCUT2D eigenvalue weighted by molar-refractivity contribution is 5.77. The van der Waals surface area contributed by atoms with Crippen molar-refractivity contribution in [2.24, 2.45) is 0 Å². The van der Waals surface area contributed by atoms with Crippen LogP contribution in [0, 0.1) is 0 Å². The molecule has 16 heavy (non-hydrogen) atoms. The minimum absolute atomic E-state index is 0.0645. The fourth-order valence-corrected chi connectivity index (χ4v) is 2.26. The Morgan fingerprint density at radius 2 is 2.50 bits per heavy atom. The van der Waals surface area contributed by atoms with Crippen LogP contribution in [0.5, 0.6) is 0 Å². The summed E-state index contributed by atoms with van der Waals surface area (Å²) in [6, 6.07) is 4.32. The number of amides is 1. The molecule has 0 saturated carbocycles. The number of nitrogens with zero attached hydrogens (tertiary/aromatic N) is 1. The molecule has 1 amide bonds. The molecule has 0 aromatic carbocycles. The van der Waals surface area contributed by atoms with Crippen LogP contribution < -0.4 is 5.32 Å². The van der Waals surface area contributed by atoms with Gasteiger partial charge in [-0.15, -0.1) is 6.58 Å². The van der Waals surface area contributed by atoms with Crippen LogP contribution in [0.15, 0.2) is 31.0 Å². The molecule has 1 aliphatic rings. The lowest BCUT2D eigenvalue weighted by atomic mass is 10.1. The number of hydrogen-bond donors (Lipinski definition) is 1. The smallest absolute Gasteiger partial charge is 0.224 e. The zero-order valence-electron chi connectivity index (χ0n) is 9.48. The molecule has 0 radical (unpaired) electrons. The molecule has 86 valence electrons. The zero-order valence-corrected chi connectivity index (χ0v) is 9.48. The van der Waals surface area contributed by atoms with Gasteiger partial charge in [-0.2, -0.15) is 0 Å². The molecule has 1 N–H and O–H groups in total. The topological polar surface area (TPSA) is 34.0 Å². The van der Waals surface area contributed by atoms with Gasteiger partial charge in [-0.3, -0.25) is 4.79 Å². The maximum atomic E-state index is 11.6. The number of fused-ring (bicyclic) bond motifs is 1. The van der Waals surface area contributed by atoms with Gasteiger partial charge in [0.2, 0.25) is 5.91 Å². The molecule has 2 rings (SSSR count). The minimum atomic E-state index is 0.0645. The summed E-state index contributed by atoms with van der Waals surface area (Å²) in [5, 5.41) is 3.07. The van der Waals surface area contributed by atoms with Gasteiger partial charge in [0.05, 0.1) is 6.04 Å². The van der Waals surface area contributed by atoms with Crippen LogP contribution in [-0.2, 0) is 11.3 Å². The van der Waals surface area contributed by atoms with E-state index < -0.39 is 0 Å². The second-order valence-electron chi connectivity index (χ2n) is 4.24. The van der Waals surface area contributed by atoms with E-state index in [1.165, 1.54) is 18.5 Å². The normalized spacial score (nSPS) is 19.6. The van der Waals surface area contributed by atoms with E-state index in [0.717, 1.165) is 13.0 Å². The number of rotatable bonds is 3. The van der Waals surface area contributed by atoms with E-state index in [1.54, 1.807) is 6.08 Å².